The van der Waals surface area contributed by atoms with Gasteiger partial charge in [-0.25, -0.2) is 9.37 Å². The van der Waals surface area contributed by atoms with E-state index in [0.717, 1.165) is 4.47 Å². The number of anilines is 1. The summed E-state index contributed by atoms with van der Waals surface area (Å²) in [5.74, 6) is -0.846. The minimum Gasteiger partial charge on any atom is -0.334 e. The van der Waals surface area contributed by atoms with Crippen LogP contribution in [-0.2, 0) is 17.8 Å². The fraction of sp³-hybridized carbons (Fsp3) is 0.136. The molecule has 0 saturated heterocycles. The first kappa shape index (κ1) is 21.9. The summed E-state index contributed by atoms with van der Waals surface area (Å²) in [6.45, 7) is 4.09. The summed E-state index contributed by atoms with van der Waals surface area (Å²) in [7, 11) is 0. The molecule has 0 radical (unpaired) electrons. The molecule has 5 nitrogen and oxygen atoms in total. The maximum absolute atomic E-state index is 14.1. The third kappa shape index (κ3) is 5.84. The van der Waals surface area contributed by atoms with Gasteiger partial charge in [0.05, 0.1) is 12.1 Å². The molecule has 0 saturated carbocycles. The van der Waals surface area contributed by atoms with E-state index in [1.807, 2.05) is 6.07 Å². The molecule has 0 fully saturated rings. The van der Waals surface area contributed by atoms with Crippen LogP contribution < -0.4 is 5.32 Å². The summed E-state index contributed by atoms with van der Waals surface area (Å²) in [5.41, 5.74) is 1.48. The van der Waals surface area contributed by atoms with Crippen LogP contribution in [0.2, 0.25) is 0 Å². The molecule has 154 valence electrons. The Bertz CT molecular complexity index is 1060. The molecule has 0 bridgehead atoms. The van der Waals surface area contributed by atoms with Crippen LogP contribution in [0.3, 0.4) is 0 Å². The molecule has 0 unspecified atom stereocenters. The highest BCUT2D eigenvalue weighted by molar-refractivity contribution is 9.10. The summed E-state index contributed by atoms with van der Waals surface area (Å²) in [6, 6.07) is 13.4. The lowest BCUT2D eigenvalue weighted by molar-refractivity contribution is -0.130. The molecule has 1 heterocycles. The van der Waals surface area contributed by atoms with Gasteiger partial charge in [-0.2, -0.15) is 0 Å². The molecule has 0 aliphatic heterocycles. The lowest BCUT2D eigenvalue weighted by Gasteiger charge is -2.21. The van der Waals surface area contributed by atoms with E-state index in [2.05, 4.69) is 32.8 Å². The standard InChI is InChI=1S/C22H19BrFN3O2S/c1-2-10-27(13-16-11-17(23)8-9-19(16)24)20(28)12-18-14-30-22(25-18)26-21(29)15-6-4-3-5-7-15/h2-9,11,14H,1,10,12-13H2,(H,25,26,29). The van der Waals surface area contributed by atoms with E-state index in [9.17, 15) is 14.0 Å². The number of halogens is 2. The average Bonchev–Trinajstić information content (AvgIpc) is 3.17. The van der Waals surface area contributed by atoms with Crippen LogP contribution >= 0.6 is 27.3 Å². The van der Waals surface area contributed by atoms with E-state index in [0.29, 0.717) is 22.0 Å². The van der Waals surface area contributed by atoms with Crippen molar-refractivity contribution < 1.29 is 14.0 Å². The molecule has 0 aliphatic carbocycles. The zero-order valence-electron chi connectivity index (χ0n) is 16.0. The van der Waals surface area contributed by atoms with Gasteiger partial charge in [0.2, 0.25) is 5.91 Å². The Hall–Kier alpha value is -2.84. The van der Waals surface area contributed by atoms with E-state index in [-0.39, 0.29) is 37.1 Å². The minimum atomic E-state index is -0.375. The number of nitrogens with zero attached hydrogens (tertiary/aromatic N) is 2. The second-order valence-corrected chi connectivity index (χ2v) is 8.21. The van der Waals surface area contributed by atoms with Gasteiger partial charge in [-0.15, -0.1) is 17.9 Å². The maximum Gasteiger partial charge on any atom is 0.257 e. The summed E-state index contributed by atoms with van der Waals surface area (Å²) >= 11 is 4.57. The first-order chi connectivity index (χ1) is 14.5. The van der Waals surface area contributed by atoms with Gasteiger partial charge in [0.25, 0.3) is 5.91 Å². The molecule has 0 aliphatic rings. The number of benzene rings is 2. The molecule has 3 rings (SSSR count). The van der Waals surface area contributed by atoms with Crippen LogP contribution in [-0.4, -0.2) is 28.2 Å². The van der Waals surface area contributed by atoms with Crippen molar-refractivity contribution in [2.24, 2.45) is 0 Å². The Morgan fingerprint density at radius 2 is 2.00 bits per heavy atom. The topological polar surface area (TPSA) is 62.3 Å². The zero-order valence-corrected chi connectivity index (χ0v) is 18.4. The first-order valence-corrected chi connectivity index (χ1v) is 10.8. The Morgan fingerprint density at radius 3 is 2.73 bits per heavy atom. The lowest BCUT2D eigenvalue weighted by atomic mass is 10.2. The number of hydrogen-bond acceptors (Lipinski definition) is 4. The predicted octanol–water partition coefficient (Wildman–Crippen LogP) is 5.05. The lowest BCUT2D eigenvalue weighted by Crippen LogP contribution is -2.32. The number of rotatable bonds is 8. The van der Waals surface area contributed by atoms with Gasteiger partial charge in [0.1, 0.15) is 5.82 Å². The number of carbonyl (C=O) groups excluding carboxylic acids is 2. The molecular weight excluding hydrogens is 469 g/mol. The van der Waals surface area contributed by atoms with Crippen molar-refractivity contribution >= 4 is 44.2 Å². The maximum atomic E-state index is 14.1. The molecule has 3 aromatic rings. The van der Waals surface area contributed by atoms with Crippen LogP contribution in [0.4, 0.5) is 9.52 Å². The molecule has 2 amide bonds. The van der Waals surface area contributed by atoms with Gasteiger partial charge in [0, 0.05) is 34.1 Å². The number of amides is 2. The van der Waals surface area contributed by atoms with Gasteiger partial charge in [0.15, 0.2) is 5.13 Å². The van der Waals surface area contributed by atoms with Crippen molar-refractivity contribution in [3.05, 3.63) is 93.7 Å². The Morgan fingerprint density at radius 1 is 1.23 bits per heavy atom. The summed E-state index contributed by atoms with van der Waals surface area (Å²) < 4.78 is 14.8. The molecule has 30 heavy (non-hydrogen) atoms. The van der Waals surface area contributed by atoms with E-state index in [4.69, 9.17) is 0 Å². The number of hydrogen-bond donors (Lipinski definition) is 1. The van der Waals surface area contributed by atoms with Crippen molar-refractivity contribution in [1.29, 1.82) is 0 Å². The van der Waals surface area contributed by atoms with Gasteiger partial charge in [-0.05, 0) is 30.3 Å². The highest BCUT2D eigenvalue weighted by Crippen LogP contribution is 2.20. The molecule has 0 atom stereocenters. The van der Waals surface area contributed by atoms with Crippen LogP contribution in [0.15, 0.2) is 71.0 Å². The number of aromatic nitrogens is 1. The van der Waals surface area contributed by atoms with Crippen molar-refractivity contribution in [3.8, 4) is 0 Å². The summed E-state index contributed by atoms with van der Waals surface area (Å²) in [6.07, 6.45) is 1.64. The molecule has 1 N–H and O–H groups in total. The zero-order chi connectivity index (χ0) is 21.5. The van der Waals surface area contributed by atoms with Crippen LogP contribution in [0, 0.1) is 5.82 Å². The fourth-order valence-corrected chi connectivity index (χ4v) is 3.87. The van der Waals surface area contributed by atoms with Crippen LogP contribution in [0.25, 0.3) is 0 Å². The van der Waals surface area contributed by atoms with E-state index >= 15 is 0 Å². The highest BCUT2D eigenvalue weighted by Gasteiger charge is 2.18. The Balaban J connectivity index is 1.65. The number of nitrogens with one attached hydrogen (secondary N) is 1. The SMILES string of the molecule is C=CCN(Cc1cc(Br)ccc1F)C(=O)Cc1csc(NC(=O)c2ccccc2)n1. The molecular formula is C22H19BrFN3O2S. The smallest absolute Gasteiger partial charge is 0.257 e. The molecule has 0 spiro atoms. The van der Waals surface area contributed by atoms with Crippen molar-refractivity contribution in [2.45, 2.75) is 13.0 Å². The van der Waals surface area contributed by atoms with E-state index < -0.39 is 0 Å². The molecule has 8 heteroatoms. The normalized spacial score (nSPS) is 10.5. The molecule has 1 aromatic heterocycles. The first-order valence-electron chi connectivity index (χ1n) is 9.09. The third-order valence-corrected chi connectivity index (χ3v) is 5.51. The third-order valence-electron chi connectivity index (χ3n) is 4.21. The number of thiazole rings is 1. The Labute approximate surface area is 186 Å². The second kappa shape index (κ2) is 10.3. The average molecular weight is 488 g/mol. The minimum absolute atomic E-state index is 0.0428. The number of carbonyl (C=O) groups is 2. The van der Waals surface area contributed by atoms with Crippen molar-refractivity contribution in [1.82, 2.24) is 9.88 Å². The van der Waals surface area contributed by atoms with Crippen LogP contribution in [0.5, 0.6) is 0 Å². The highest BCUT2D eigenvalue weighted by atomic mass is 79.9. The van der Waals surface area contributed by atoms with Gasteiger partial charge >= 0.3 is 0 Å². The van der Waals surface area contributed by atoms with Gasteiger partial charge in [-0.3, -0.25) is 14.9 Å². The monoisotopic (exact) mass is 487 g/mol. The van der Waals surface area contributed by atoms with Crippen LogP contribution in [0.1, 0.15) is 21.6 Å². The fourth-order valence-electron chi connectivity index (χ4n) is 2.75. The molecule has 2 aromatic carbocycles. The largest absolute Gasteiger partial charge is 0.334 e. The summed E-state index contributed by atoms with van der Waals surface area (Å²) in [4.78, 5) is 30.9. The second-order valence-electron chi connectivity index (χ2n) is 6.44. The van der Waals surface area contributed by atoms with Crippen molar-refractivity contribution in [2.75, 3.05) is 11.9 Å². The van der Waals surface area contributed by atoms with E-state index in [1.54, 1.807) is 47.9 Å². The van der Waals surface area contributed by atoms with Gasteiger partial charge < -0.3 is 4.90 Å². The predicted molar refractivity (Wildman–Crippen MR) is 120 cm³/mol. The summed E-state index contributed by atoms with van der Waals surface area (Å²) in [5, 5.41) is 4.88. The van der Waals surface area contributed by atoms with Gasteiger partial charge in [-0.1, -0.05) is 40.2 Å². The quantitative estimate of drug-likeness (QED) is 0.452. The Kier molecular flexibility index (Phi) is 7.48. The van der Waals surface area contributed by atoms with E-state index in [1.165, 1.54) is 22.3 Å². The van der Waals surface area contributed by atoms with Crippen molar-refractivity contribution in [3.63, 3.8) is 0 Å².